The van der Waals surface area contributed by atoms with Gasteiger partial charge in [0.2, 0.25) is 0 Å². The van der Waals surface area contributed by atoms with Gasteiger partial charge in [-0.2, -0.15) is 0 Å². The lowest BCUT2D eigenvalue weighted by Crippen LogP contribution is -1.98. The summed E-state index contributed by atoms with van der Waals surface area (Å²) in [5.74, 6) is 0. The van der Waals surface area contributed by atoms with Crippen molar-refractivity contribution in [3.63, 3.8) is 0 Å². The van der Waals surface area contributed by atoms with Crippen molar-refractivity contribution >= 4 is 11.5 Å². The number of aliphatic hydroxyl groups excluding tert-OH is 1. The fourth-order valence-electron chi connectivity index (χ4n) is 1.12. The van der Waals surface area contributed by atoms with Crippen LogP contribution >= 0.6 is 11.5 Å². The third-order valence-electron chi connectivity index (χ3n) is 1.87. The van der Waals surface area contributed by atoms with E-state index in [9.17, 15) is 5.11 Å². The molecule has 0 spiro atoms. The molecule has 0 aliphatic carbocycles. The summed E-state index contributed by atoms with van der Waals surface area (Å²) in [5.41, 5.74) is 0.918. The maximum absolute atomic E-state index is 9.74. The minimum absolute atomic E-state index is 0.423. The summed E-state index contributed by atoms with van der Waals surface area (Å²) in [4.78, 5) is 0.907. The van der Waals surface area contributed by atoms with Crippen molar-refractivity contribution in [2.24, 2.45) is 0 Å². The van der Waals surface area contributed by atoms with Crippen LogP contribution in [0.1, 0.15) is 36.4 Å². The van der Waals surface area contributed by atoms with Crippen molar-refractivity contribution < 1.29 is 5.11 Å². The van der Waals surface area contributed by atoms with Gasteiger partial charge in [-0.15, -0.1) is 11.7 Å². The molecule has 72 valence electrons. The molecule has 0 aliphatic heterocycles. The van der Waals surface area contributed by atoms with E-state index in [0.717, 1.165) is 23.4 Å². The van der Waals surface area contributed by atoms with Crippen molar-refractivity contribution in [2.45, 2.75) is 32.3 Å². The van der Waals surface area contributed by atoms with Gasteiger partial charge in [-0.3, -0.25) is 0 Å². The third kappa shape index (κ3) is 2.60. The molecule has 1 N–H and O–H groups in total. The molecule has 1 unspecified atom stereocenters. The van der Waals surface area contributed by atoms with Gasteiger partial charge >= 0.3 is 0 Å². The summed E-state index contributed by atoms with van der Waals surface area (Å²) in [5, 5.41) is 13.7. The molecule has 0 saturated heterocycles. The molecular weight excluding hydrogens is 184 g/mol. The average molecular weight is 198 g/mol. The number of nitrogens with zero attached hydrogens (tertiary/aromatic N) is 2. The Morgan fingerprint density at radius 3 is 3.08 bits per heavy atom. The highest BCUT2D eigenvalue weighted by atomic mass is 32.1. The maximum atomic E-state index is 9.74. The standard InChI is InChI=1S/C9H14N2OS/c1-3-5-6-8(12)9-7(4-2)10-11-13-9/h3,8,12H,1,4-6H2,2H3. The fraction of sp³-hybridized carbons (Fsp3) is 0.556. The Hall–Kier alpha value is -0.740. The van der Waals surface area contributed by atoms with E-state index in [0.29, 0.717) is 6.42 Å². The Kier molecular flexibility index (Phi) is 4.05. The van der Waals surface area contributed by atoms with Crippen LogP contribution in [0.5, 0.6) is 0 Å². The highest BCUT2D eigenvalue weighted by Gasteiger charge is 2.14. The Labute approximate surface area is 82.3 Å². The summed E-state index contributed by atoms with van der Waals surface area (Å²) in [7, 11) is 0. The minimum Gasteiger partial charge on any atom is -0.387 e. The lowest BCUT2D eigenvalue weighted by atomic mass is 10.1. The molecule has 0 aromatic carbocycles. The van der Waals surface area contributed by atoms with Crippen molar-refractivity contribution in [3.8, 4) is 0 Å². The van der Waals surface area contributed by atoms with Crippen molar-refractivity contribution in [3.05, 3.63) is 23.2 Å². The SMILES string of the molecule is C=CCCC(O)c1snnc1CC. The van der Waals surface area contributed by atoms with Crippen LogP contribution in [-0.4, -0.2) is 14.7 Å². The summed E-state index contributed by atoms with van der Waals surface area (Å²) in [6.45, 7) is 5.63. The van der Waals surface area contributed by atoms with Crippen LogP contribution in [0.15, 0.2) is 12.7 Å². The van der Waals surface area contributed by atoms with Gasteiger partial charge < -0.3 is 5.11 Å². The Bertz CT molecular complexity index is 272. The zero-order valence-electron chi connectivity index (χ0n) is 7.73. The predicted molar refractivity (Wildman–Crippen MR) is 53.7 cm³/mol. The molecule has 0 bridgehead atoms. The number of aromatic nitrogens is 2. The van der Waals surface area contributed by atoms with Gasteiger partial charge in [0.1, 0.15) is 0 Å². The monoisotopic (exact) mass is 198 g/mol. The van der Waals surface area contributed by atoms with Gasteiger partial charge in [0, 0.05) is 0 Å². The molecule has 0 fully saturated rings. The number of allylic oxidation sites excluding steroid dienone is 1. The van der Waals surface area contributed by atoms with Crippen LogP contribution in [0, 0.1) is 0 Å². The van der Waals surface area contributed by atoms with Crippen molar-refractivity contribution in [2.75, 3.05) is 0 Å². The number of hydrogen-bond acceptors (Lipinski definition) is 4. The first kappa shape index (κ1) is 10.3. The average Bonchev–Trinajstić information content (AvgIpc) is 2.61. The molecule has 0 aliphatic rings. The second-order valence-electron chi connectivity index (χ2n) is 2.82. The van der Waals surface area contributed by atoms with Gasteiger partial charge in [0.15, 0.2) is 0 Å². The second kappa shape index (κ2) is 5.09. The van der Waals surface area contributed by atoms with Crippen LogP contribution < -0.4 is 0 Å². The number of aliphatic hydroxyl groups is 1. The number of aryl methyl sites for hydroxylation is 1. The Morgan fingerprint density at radius 2 is 2.46 bits per heavy atom. The first-order valence-electron chi connectivity index (χ1n) is 4.39. The van der Waals surface area contributed by atoms with Gasteiger partial charge in [0.25, 0.3) is 0 Å². The van der Waals surface area contributed by atoms with Crippen LogP contribution in [-0.2, 0) is 6.42 Å². The van der Waals surface area contributed by atoms with Gasteiger partial charge in [-0.1, -0.05) is 17.5 Å². The molecule has 0 amide bonds. The first-order valence-corrected chi connectivity index (χ1v) is 5.17. The fourth-order valence-corrected chi connectivity index (χ4v) is 1.88. The van der Waals surface area contributed by atoms with E-state index in [2.05, 4.69) is 16.2 Å². The molecule has 0 saturated carbocycles. The smallest absolute Gasteiger partial charge is 0.0920 e. The van der Waals surface area contributed by atoms with E-state index in [1.807, 2.05) is 13.0 Å². The highest BCUT2D eigenvalue weighted by Crippen LogP contribution is 2.24. The van der Waals surface area contributed by atoms with Crippen LogP contribution in [0.4, 0.5) is 0 Å². The van der Waals surface area contributed by atoms with E-state index in [1.165, 1.54) is 11.5 Å². The lowest BCUT2D eigenvalue weighted by Gasteiger charge is -2.06. The van der Waals surface area contributed by atoms with Gasteiger partial charge in [0.05, 0.1) is 16.7 Å². The summed E-state index contributed by atoms with van der Waals surface area (Å²) < 4.78 is 3.83. The molecular formula is C9H14N2OS. The molecule has 0 radical (unpaired) electrons. The predicted octanol–water partition coefficient (Wildman–Crippen LogP) is 2.10. The summed E-state index contributed by atoms with van der Waals surface area (Å²) in [6, 6.07) is 0. The van der Waals surface area contributed by atoms with E-state index < -0.39 is 6.10 Å². The molecule has 1 aromatic heterocycles. The lowest BCUT2D eigenvalue weighted by molar-refractivity contribution is 0.171. The van der Waals surface area contributed by atoms with Crippen LogP contribution in [0.25, 0.3) is 0 Å². The zero-order chi connectivity index (χ0) is 9.68. The molecule has 1 atom stereocenters. The van der Waals surface area contributed by atoms with E-state index >= 15 is 0 Å². The molecule has 1 rings (SSSR count). The molecule has 1 aromatic rings. The van der Waals surface area contributed by atoms with E-state index in [-0.39, 0.29) is 0 Å². The summed E-state index contributed by atoms with van der Waals surface area (Å²) in [6.07, 6.45) is 3.75. The minimum atomic E-state index is -0.423. The topological polar surface area (TPSA) is 46.0 Å². The van der Waals surface area contributed by atoms with E-state index in [1.54, 1.807) is 0 Å². The largest absolute Gasteiger partial charge is 0.387 e. The quantitative estimate of drug-likeness (QED) is 0.737. The van der Waals surface area contributed by atoms with Gasteiger partial charge in [-0.25, -0.2) is 0 Å². The third-order valence-corrected chi connectivity index (χ3v) is 2.73. The van der Waals surface area contributed by atoms with E-state index in [4.69, 9.17) is 0 Å². The first-order chi connectivity index (χ1) is 6.29. The Morgan fingerprint density at radius 1 is 1.69 bits per heavy atom. The molecule has 13 heavy (non-hydrogen) atoms. The normalized spacial score (nSPS) is 12.8. The molecule has 3 nitrogen and oxygen atoms in total. The Balaban J connectivity index is 2.63. The van der Waals surface area contributed by atoms with Gasteiger partial charge in [-0.05, 0) is 30.8 Å². The number of hydrogen-bond donors (Lipinski definition) is 1. The second-order valence-corrected chi connectivity index (χ2v) is 3.60. The van der Waals surface area contributed by atoms with Crippen LogP contribution in [0.2, 0.25) is 0 Å². The maximum Gasteiger partial charge on any atom is 0.0920 e. The number of rotatable bonds is 5. The summed E-state index contributed by atoms with van der Waals surface area (Å²) >= 11 is 1.29. The van der Waals surface area contributed by atoms with Crippen LogP contribution in [0.3, 0.4) is 0 Å². The molecule has 4 heteroatoms. The highest BCUT2D eigenvalue weighted by molar-refractivity contribution is 7.05. The van der Waals surface area contributed by atoms with Crippen molar-refractivity contribution in [1.29, 1.82) is 0 Å². The zero-order valence-corrected chi connectivity index (χ0v) is 8.55. The molecule has 1 heterocycles. The van der Waals surface area contributed by atoms with Crippen molar-refractivity contribution in [1.82, 2.24) is 9.59 Å².